The Hall–Kier alpha value is -0.340. The van der Waals surface area contributed by atoms with E-state index in [2.05, 4.69) is 0 Å². The van der Waals surface area contributed by atoms with Crippen molar-refractivity contribution < 1.29 is 4.79 Å². The molecule has 0 radical (unpaired) electrons. The van der Waals surface area contributed by atoms with Crippen molar-refractivity contribution in [1.29, 1.82) is 0 Å². The molecule has 0 atom stereocenters. The Bertz CT molecular complexity index is 339. The molecular weight excluding hydrogens is 204 g/mol. The summed E-state index contributed by atoms with van der Waals surface area (Å²) in [4.78, 5) is 12.6. The van der Waals surface area contributed by atoms with Crippen LogP contribution in [0.25, 0.3) is 0 Å². The van der Waals surface area contributed by atoms with E-state index in [9.17, 15) is 4.79 Å². The van der Waals surface area contributed by atoms with Crippen LogP contribution in [-0.2, 0) is 0 Å². The molecule has 1 aromatic rings. The Kier molecular flexibility index (Phi) is 2.43. The van der Waals surface area contributed by atoms with Crippen LogP contribution in [0.3, 0.4) is 0 Å². The van der Waals surface area contributed by atoms with Crippen LogP contribution in [0.5, 0.6) is 0 Å². The maximum atomic E-state index is 11.8. The van der Waals surface area contributed by atoms with Gasteiger partial charge in [0.2, 0.25) is 0 Å². The molecule has 0 unspecified atom stereocenters. The van der Waals surface area contributed by atoms with Crippen molar-refractivity contribution in [1.82, 2.24) is 0 Å². The fourth-order valence-corrected chi connectivity index (χ4v) is 2.76. The lowest BCUT2D eigenvalue weighted by Crippen LogP contribution is -2.21. The Morgan fingerprint density at radius 1 is 1.62 bits per heavy atom. The van der Waals surface area contributed by atoms with E-state index in [1.807, 2.05) is 12.3 Å². The van der Waals surface area contributed by atoms with E-state index in [4.69, 9.17) is 11.6 Å². The predicted octanol–water partition coefficient (Wildman–Crippen LogP) is 3.69. The second kappa shape index (κ2) is 3.43. The van der Waals surface area contributed by atoms with Crippen molar-refractivity contribution in [2.24, 2.45) is 5.92 Å². The average molecular weight is 215 g/mol. The molecule has 1 nitrogen and oxygen atoms in total. The minimum absolute atomic E-state index is 0.259. The number of carbonyl (C=O) groups is 1. The molecule has 3 heteroatoms. The monoisotopic (exact) mass is 214 g/mol. The van der Waals surface area contributed by atoms with Crippen molar-refractivity contribution in [2.75, 3.05) is 0 Å². The first-order valence-electron chi connectivity index (χ1n) is 4.48. The minimum atomic E-state index is 0.259. The molecule has 0 N–H and O–H groups in total. The Balaban J connectivity index is 2.24. The van der Waals surface area contributed by atoms with Gasteiger partial charge in [0, 0.05) is 5.92 Å². The van der Waals surface area contributed by atoms with Crippen molar-refractivity contribution in [2.45, 2.75) is 26.2 Å². The second-order valence-corrected chi connectivity index (χ2v) is 4.81. The van der Waals surface area contributed by atoms with Crippen molar-refractivity contribution >= 4 is 28.7 Å². The largest absolute Gasteiger partial charge is 0.293 e. The zero-order valence-corrected chi connectivity index (χ0v) is 9.04. The summed E-state index contributed by atoms with van der Waals surface area (Å²) in [5.41, 5.74) is 1.02. The quantitative estimate of drug-likeness (QED) is 0.687. The number of hydrogen-bond acceptors (Lipinski definition) is 2. The number of thiophene rings is 1. The summed E-state index contributed by atoms with van der Waals surface area (Å²) in [5, 5.41) is 2.62. The lowest BCUT2D eigenvalue weighted by atomic mass is 9.81. The molecule has 1 aliphatic rings. The van der Waals surface area contributed by atoms with E-state index in [0.29, 0.717) is 5.02 Å². The molecule has 0 aliphatic heterocycles. The number of ketones is 1. The molecule has 0 spiro atoms. The van der Waals surface area contributed by atoms with Crippen LogP contribution in [-0.4, -0.2) is 5.78 Å². The summed E-state index contributed by atoms with van der Waals surface area (Å²) in [7, 11) is 0. The molecule has 0 amide bonds. The highest BCUT2D eigenvalue weighted by Gasteiger charge is 2.28. The summed E-state index contributed by atoms with van der Waals surface area (Å²) in [5.74, 6) is 0.518. The van der Waals surface area contributed by atoms with E-state index in [0.717, 1.165) is 23.3 Å². The molecular formula is C10H11ClOS. The molecule has 0 bridgehead atoms. The van der Waals surface area contributed by atoms with Crippen LogP contribution in [0.2, 0.25) is 5.02 Å². The SMILES string of the molecule is Cc1csc(C(=O)C2CCC2)c1Cl. The van der Waals surface area contributed by atoms with Gasteiger partial charge in [-0.2, -0.15) is 0 Å². The third-order valence-corrected chi connectivity index (χ3v) is 4.31. The van der Waals surface area contributed by atoms with Gasteiger partial charge in [0.15, 0.2) is 5.78 Å². The third-order valence-electron chi connectivity index (χ3n) is 2.60. The molecule has 0 saturated heterocycles. The summed E-state index contributed by atoms with van der Waals surface area (Å²) < 4.78 is 0. The molecule has 2 rings (SSSR count). The molecule has 1 aliphatic carbocycles. The van der Waals surface area contributed by atoms with Crippen molar-refractivity contribution in [3.63, 3.8) is 0 Å². The highest BCUT2D eigenvalue weighted by molar-refractivity contribution is 7.13. The fraction of sp³-hybridized carbons (Fsp3) is 0.500. The van der Waals surface area contributed by atoms with E-state index in [1.54, 1.807) is 0 Å². The highest BCUT2D eigenvalue weighted by Crippen LogP contribution is 2.35. The van der Waals surface area contributed by atoms with Crippen LogP contribution in [0.15, 0.2) is 5.38 Å². The molecule has 0 aromatic carbocycles. The fourth-order valence-electron chi connectivity index (χ4n) is 1.45. The first kappa shape index (κ1) is 9.22. The van der Waals surface area contributed by atoms with E-state index >= 15 is 0 Å². The van der Waals surface area contributed by atoms with Gasteiger partial charge in [-0.15, -0.1) is 11.3 Å². The molecule has 70 valence electrons. The summed E-state index contributed by atoms with van der Waals surface area (Å²) in [6.07, 6.45) is 3.29. The predicted molar refractivity (Wildman–Crippen MR) is 55.7 cm³/mol. The van der Waals surface area contributed by atoms with Gasteiger partial charge in [-0.3, -0.25) is 4.79 Å². The Morgan fingerprint density at radius 2 is 2.31 bits per heavy atom. The summed E-state index contributed by atoms with van der Waals surface area (Å²) >= 11 is 7.50. The number of hydrogen-bond donors (Lipinski definition) is 0. The standard InChI is InChI=1S/C10H11ClOS/c1-6-5-13-10(8(6)11)9(12)7-3-2-4-7/h5,7H,2-4H2,1H3. The smallest absolute Gasteiger partial charge is 0.177 e. The van der Waals surface area contributed by atoms with Gasteiger partial charge in [-0.05, 0) is 30.7 Å². The van der Waals surface area contributed by atoms with Crippen molar-refractivity contribution in [3.8, 4) is 0 Å². The van der Waals surface area contributed by atoms with Gasteiger partial charge in [0.05, 0.1) is 9.90 Å². The first-order chi connectivity index (χ1) is 6.20. The van der Waals surface area contributed by atoms with Crippen molar-refractivity contribution in [3.05, 3.63) is 20.8 Å². The highest BCUT2D eigenvalue weighted by atomic mass is 35.5. The molecule has 13 heavy (non-hydrogen) atoms. The maximum Gasteiger partial charge on any atom is 0.177 e. The van der Waals surface area contributed by atoms with E-state index < -0.39 is 0 Å². The number of rotatable bonds is 2. The lowest BCUT2D eigenvalue weighted by Gasteiger charge is -2.23. The summed E-state index contributed by atoms with van der Waals surface area (Å²) in [6.45, 7) is 1.94. The Labute approximate surface area is 86.7 Å². The number of halogens is 1. The topological polar surface area (TPSA) is 17.1 Å². The second-order valence-electron chi connectivity index (χ2n) is 3.55. The van der Waals surface area contributed by atoms with E-state index in [-0.39, 0.29) is 11.7 Å². The van der Waals surface area contributed by atoms with Gasteiger partial charge < -0.3 is 0 Å². The van der Waals surface area contributed by atoms with Crippen LogP contribution in [0.1, 0.15) is 34.5 Å². The zero-order valence-electron chi connectivity index (χ0n) is 7.47. The first-order valence-corrected chi connectivity index (χ1v) is 5.73. The lowest BCUT2D eigenvalue weighted by molar-refractivity contribution is 0.0860. The van der Waals surface area contributed by atoms with Crippen LogP contribution in [0.4, 0.5) is 0 Å². The van der Waals surface area contributed by atoms with Gasteiger partial charge in [0.25, 0.3) is 0 Å². The maximum absolute atomic E-state index is 11.8. The van der Waals surface area contributed by atoms with Gasteiger partial charge in [-0.1, -0.05) is 18.0 Å². The number of carbonyl (C=O) groups excluding carboxylic acids is 1. The average Bonchev–Trinajstić information content (AvgIpc) is 2.29. The molecule has 1 heterocycles. The summed E-state index contributed by atoms with van der Waals surface area (Å²) in [6, 6.07) is 0. The third kappa shape index (κ3) is 1.53. The van der Waals surface area contributed by atoms with Gasteiger partial charge >= 0.3 is 0 Å². The normalized spacial score (nSPS) is 17.1. The van der Waals surface area contributed by atoms with Gasteiger partial charge in [-0.25, -0.2) is 0 Å². The number of aryl methyl sites for hydroxylation is 1. The molecule has 1 saturated carbocycles. The number of Topliss-reactive ketones (excluding diaryl/α,β-unsaturated/α-hetero) is 1. The van der Waals surface area contributed by atoms with Crippen LogP contribution < -0.4 is 0 Å². The minimum Gasteiger partial charge on any atom is -0.293 e. The van der Waals surface area contributed by atoms with Crippen LogP contribution in [0, 0.1) is 12.8 Å². The van der Waals surface area contributed by atoms with Gasteiger partial charge in [0.1, 0.15) is 0 Å². The molecule has 1 fully saturated rings. The zero-order chi connectivity index (χ0) is 9.42. The van der Waals surface area contributed by atoms with Crippen LogP contribution >= 0.6 is 22.9 Å². The Morgan fingerprint density at radius 3 is 2.69 bits per heavy atom. The molecule has 1 aromatic heterocycles. The van der Waals surface area contributed by atoms with E-state index in [1.165, 1.54) is 17.8 Å².